The largest absolute Gasteiger partial charge is 0.437 e. The average molecular weight is 280 g/mol. The van der Waals surface area contributed by atoms with E-state index in [1.165, 1.54) is 0 Å². The van der Waals surface area contributed by atoms with E-state index in [1.807, 2.05) is 26.0 Å². The zero-order valence-corrected chi connectivity index (χ0v) is 11.5. The second kappa shape index (κ2) is 6.45. The highest BCUT2D eigenvalue weighted by Gasteiger charge is 2.06. The van der Waals surface area contributed by atoms with Gasteiger partial charge in [0.15, 0.2) is 5.82 Å². The first-order valence-electron chi connectivity index (χ1n) is 5.89. The Morgan fingerprint density at radius 3 is 2.79 bits per heavy atom. The van der Waals surface area contributed by atoms with Gasteiger partial charge >= 0.3 is 0 Å². The highest BCUT2D eigenvalue weighted by Crippen LogP contribution is 2.21. The molecule has 0 atom stereocenters. The van der Waals surface area contributed by atoms with Crippen LogP contribution in [0, 0.1) is 6.92 Å². The standard InChI is InChI=1S/C13H14ClN3O2/c1-3-18-8-12-16-11(14)6-13(17-12)19-10-5-4-9(2)15-7-10/h4-7H,3,8H2,1-2H3. The molecule has 0 radical (unpaired) electrons. The summed E-state index contributed by atoms with van der Waals surface area (Å²) in [7, 11) is 0. The second-order valence-corrected chi connectivity index (χ2v) is 4.21. The van der Waals surface area contributed by atoms with Crippen LogP contribution in [0.4, 0.5) is 0 Å². The van der Waals surface area contributed by atoms with Crippen LogP contribution in [0.3, 0.4) is 0 Å². The Balaban J connectivity index is 2.15. The van der Waals surface area contributed by atoms with E-state index in [-0.39, 0.29) is 0 Å². The molecule has 19 heavy (non-hydrogen) atoms. The first-order chi connectivity index (χ1) is 9.17. The molecule has 0 unspecified atom stereocenters. The number of hydrogen-bond acceptors (Lipinski definition) is 5. The normalized spacial score (nSPS) is 10.5. The van der Waals surface area contributed by atoms with Gasteiger partial charge in [0.05, 0.1) is 6.20 Å². The summed E-state index contributed by atoms with van der Waals surface area (Å²) in [4.78, 5) is 12.4. The Bertz CT molecular complexity index is 546. The van der Waals surface area contributed by atoms with Gasteiger partial charge in [0.25, 0.3) is 0 Å². The lowest BCUT2D eigenvalue weighted by Crippen LogP contribution is -2.01. The van der Waals surface area contributed by atoms with E-state index >= 15 is 0 Å². The van der Waals surface area contributed by atoms with Gasteiger partial charge in [0.1, 0.15) is 17.5 Å². The Kier molecular flexibility index (Phi) is 4.65. The molecule has 0 amide bonds. The van der Waals surface area contributed by atoms with Gasteiger partial charge in [-0.25, -0.2) is 4.98 Å². The van der Waals surface area contributed by atoms with E-state index in [2.05, 4.69) is 15.0 Å². The summed E-state index contributed by atoms with van der Waals surface area (Å²) in [6, 6.07) is 5.23. The van der Waals surface area contributed by atoms with Gasteiger partial charge in [-0.15, -0.1) is 0 Å². The second-order valence-electron chi connectivity index (χ2n) is 3.82. The van der Waals surface area contributed by atoms with Crippen LogP contribution in [0.25, 0.3) is 0 Å². The molecule has 100 valence electrons. The monoisotopic (exact) mass is 279 g/mol. The number of hydrogen-bond donors (Lipinski definition) is 0. The number of rotatable bonds is 5. The van der Waals surface area contributed by atoms with Gasteiger partial charge in [0, 0.05) is 18.4 Å². The van der Waals surface area contributed by atoms with E-state index in [4.69, 9.17) is 21.1 Å². The molecule has 5 nitrogen and oxygen atoms in total. The van der Waals surface area contributed by atoms with Crippen molar-refractivity contribution in [1.82, 2.24) is 15.0 Å². The smallest absolute Gasteiger partial charge is 0.224 e. The van der Waals surface area contributed by atoms with Crippen molar-refractivity contribution in [2.45, 2.75) is 20.5 Å². The third kappa shape index (κ3) is 4.15. The van der Waals surface area contributed by atoms with E-state index in [1.54, 1.807) is 12.3 Å². The fourth-order valence-electron chi connectivity index (χ4n) is 1.39. The highest BCUT2D eigenvalue weighted by atomic mass is 35.5. The summed E-state index contributed by atoms with van der Waals surface area (Å²) >= 11 is 5.92. The van der Waals surface area contributed by atoms with Gasteiger partial charge in [-0.2, -0.15) is 4.98 Å². The van der Waals surface area contributed by atoms with Crippen molar-refractivity contribution in [3.8, 4) is 11.6 Å². The number of nitrogens with zero attached hydrogens (tertiary/aromatic N) is 3. The van der Waals surface area contributed by atoms with Crippen molar-refractivity contribution < 1.29 is 9.47 Å². The molecule has 0 aliphatic rings. The molecule has 2 heterocycles. The number of aryl methyl sites for hydroxylation is 1. The van der Waals surface area contributed by atoms with Crippen LogP contribution in [0.15, 0.2) is 24.4 Å². The van der Waals surface area contributed by atoms with Gasteiger partial charge < -0.3 is 9.47 Å². The summed E-state index contributed by atoms with van der Waals surface area (Å²) < 4.78 is 10.8. The minimum atomic E-state index is 0.305. The molecule has 0 N–H and O–H groups in total. The van der Waals surface area contributed by atoms with Crippen molar-refractivity contribution in [3.05, 3.63) is 41.1 Å². The summed E-state index contributed by atoms with van der Waals surface area (Å²) in [5.74, 6) is 1.47. The molecule has 0 fully saturated rings. The first kappa shape index (κ1) is 13.7. The fourth-order valence-corrected chi connectivity index (χ4v) is 1.58. The maximum absolute atomic E-state index is 5.92. The predicted molar refractivity (Wildman–Crippen MR) is 71.4 cm³/mol. The molecule has 2 aromatic heterocycles. The molecule has 0 saturated carbocycles. The number of halogens is 1. The quantitative estimate of drug-likeness (QED) is 0.787. The van der Waals surface area contributed by atoms with Gasteiger partial charge in [0.2, 0.25) is 5.88 Å². The average Bonchev–Trinajstić information content (AvgIpc) is 2.38. The third-order valence-corrected chi connectivity index (χ3v) is 2.45. The molecule has 0 saturated heterocycles. The van der Waals surface area contributed by atoms with Crippen LogP contribution in [0.1, 0.15) is 18.4 Å². The zero-order valence-electron chi connectivity index (χ0n) is 10.8. The lowest BCUT2D eigenvalue weighted by Gasteiger charge is -2.07. The van der Waals surface area contributed by atoms with Crippen molar-refractivity contribution in [3.63, 3.8) is 0 Å². The Hall–Kier alpha value is -1.72. The number of aromatic nitrogens is 3. The van der Waals surface area contributed by atoms with Crippen LogP contribution < -0.4 is 4.74 Å². The molecule has 6 heteroatoms. The van der Waals surface area contributed by atoms with Crippen molar-refractivity contribution in [2.24, 2.45) is 0 Å². The van der Waals surface area contributed by atoms with E-state index < -0.39 is 0 Å². The third-order valence-electron chi connectivity index (χ3n) is 2.26. The van der Waals surface area contributed by atoms with E-state index in [0.717, 1.165) is 5.69 Å². The van der Waals surface area contributed by atoms with E-state index in [9.17, 15) is 0 Å². The van der Waals surface area contributed by atoms with Gasteiger partial charge in [-0.05, 0) is 26.0 Å². The fraction of sp³-hybridized carbons (Fsp3) is 0.308. The topological polar surface area (TPSA) is 57.1 Å². The summed E-state index contributed by atoms with van der Waals surface area (Å²) in [6.45, 7) is 4.71. The molecular formula is C13H14ClN3O2. The predicted octanol–water partition coefficient (Wildman–Crippen LogP) is 3.16. The summed E-state index contributed by atoms with van der Waals surface area (Å²) in [5, 5.41) is 0.319. The van der Waals surface area contributed by atoms with Crippen LogP contribution >= 0.6 is 11.6 Å². The molecule has 0 aromatic carbocycles. The number of ether oxygens (including phenoxy) is 2. The van der Waals surface area contributed by atoms with Gasteiger partial charge in [-0.3, -0.25) is 4.98 Å². The lowest BCUT2D eigenvalue weighted by atomic mass is 10.4. The van der Waals surface area contributed by atoms with Crippen molar-refractivity contribution >= 4 is 11.6 Å². The van der Waals surface area contributed by atoms with Crippen LogP contribution in [-0.4, -0.2) is 21.6 Å². The maximum atomic E-state index is 5.92. The molecule has 0 spiro atoms. The molecule has 0 bridgehead atoms. The van der Waals surface area contributed by atoms with Gasteiger partial charge in [-0.1, -0.05) is 11.6 Å². The van der Waals surface area contributed by atoms with Crippen LogP contribution in [-0.2, 0) is 11.3 Å². The molecule has 0 aliphatic carbocycles. The molecular weight excluding hydrogens is 266 g/mol. The van der Waals surface area contributed by atoms with Crippen molar-refractivity contribution in [2.75, 3.05) is 6.61 Å². The zero-order chi connectivity index (χ0) is 13.7. The van der Waals surface area contributed by atoms with Crippen LogP contribution in [0.2, 0.25) is 5.15 Å². The Morgan fingerprint density at radius 1 is 1.26 bits per heavy atom. The Labute approximate surface area is 116 Å². The lowest BCUT2D eigenvalue weighted by molar-refractivity contribution is 0.128. The number of pyridine rings is 1. The van der Waals surface area contributed by atoms with Crippen LogP contribution in [0.5, 0.6) is 11.6 Å². The minimum Gasteiger partial charge on any atom is -0.437 e. The molecule has 2 aromatic rings. The van der Waals surface area contributed by atoms with E-state index in [0.29, 0.717) is 35.8 Å². The SMILES string of the molecule is CCOCc1nc(Cl)cc(Oc2ccc(C)nc2)n1. The Morgan fingerprint density at radius 2 is 2.11 bits per heavy atom. The first-order valence-corrected chi connectivity index (χ1v) is 6.27. The minimum absolute atomic E-state index is 0.305. The summed E-state index contributed by atoms with van der Waals surface area (Å²) in [5.41, 5.74) is 0.921. The maximum Gasteiger partial charge on any atom is 0.224 e. The van der Waals surface area contributed by atoms with Crippen molar-refractivity contribution in [1.29, 1.82) is 0 Å². The molecule has 0 aliphatic heterocycles. The summed E-state index contributed by atoms with van der Waals surface area (Å²) in [6.07, 6.45) is 1.63. The molecule has 2 rings (SSSR count). The highest BCUT2D eigenvalue weighted by molar-refractivity contribution is 6.29.